The number of nitrogens with zero attached hydrogens (tertiary/aromatic N) is 1. The van der Waals surface area contributed by atoms with Gasteiger partial charge in [0, 0.05) is 19.5 Å². The van der Waals surface area contributed by atoms with Gasteiger partial charge < -0.3 is 19.7 Å². The molecule has 0 aliphatic carbocycles. The summed E-state index contributed by atoms with van der Waals surface area (Å²) in [5, 5.41) is 2.94. The second kappa shape index (κ2) is 14.1. The Morgan fingerprint density at radius 1 is 1.00 bits per heavy atom. The molecule has 7 heteroatoms. The first-order valence-electron chi connectivity index (χ1n) is 11.6. The van der Waals surface area contributed by atoms with E-state index < -0.39 is 6.04 Å². The minimum atomic E-state index is -0.582. The van der Waals surface area contributed by atoms with Crippen molar-refractivity contribution in [2.24, 2.45) is 0 Å². The molecule has 0 aliphatic heterocycles. The second-order valence-corrected chi connectivity index (χ2v) is 7.84. The van der Waals surface area contributed by atoms with Crippen LogP contribution in [0.1, 0.15) is 51.5 Å². The van der Waals surface area contributed by atoms with E-state index in [0.29, 0.717) is 31.7 Å². The minimum absolute atomic E-state index is 0.129. The number of rotatable bonds is 14. The maximum Gasteiger partial charge on any atom is 0.242 e. The number of ether oxygens (including phenoxy) is 2. The van der Waals surface area contributed by atoms with Crippen LogP contribution in [0.15, 0.2) is 48.5 Å². The lowest BCUT2D eigenvalue weighted by atomic mass is 10.1. The van der Waals surface area contributed by atoms with Crippen molar-refractivity contribution in [2.75, 3.05) is 20.3 Å². The number of benzene rings is 2. The minimum Gasteiger partial charge on any atom is -0.497 e. The average Bonchev–Trinajstić information content (AvgIpc) is 2.83. The highest BCUT2D eigenvalue weighted by Crippen LogP contribution is 2.18. The molecule has 0 fully saturated rings. The molecule has 0 spiro atoms. The van der Waals surface area contributed by atoms with Gasteiger partial charge in [0.05, 0.1) is 13.7 Å². The van der Waals surface area contributed by atoms with Crippen LogP contribution in [0, 0.1) is 5.82 Å². The van der Waals surface area contributed by atoms with Gasteiger partial charge >= 0.3 is 0 Å². The normalized spacial score (nSPS) is 11.5. The summed E-state index contributed by atoms with van der Waals surface area (Å²) >= 11 is 0. The molecule has 1 unspecified atom stereocenters. The van der Waals surface area contributed by atoms with Gasteiger partial charge in [-0.05, 0) is 61.2 Å². The fourth-order valence-electron chi connectivity index (χ4n) is 3.44. The molecular weight excluding hydrogens is 423 g/mol. The topological polar surface area (TPSA) is 67.9 Å². The molecule has 2 aromatic rings. The van der Waals surface area contributed by atoms with E-state index in [4.69, 9.17) is 9.47 Å². The predicted molar refractivity (Wildman–Crippen MR) is 127 cm³/mol. The third kappa shape index (κ3) is 8.75. The Balaban J connectivity index is 2.00. The van der Waals surface area contributed by atoms with E-state index in [1.165, 1.54) is 12.1 Å². The van der Waals surface area contributed by atoms with Crippen LogP contribution in [-0.2, 0) is 16.1 Å². The molecule has 0 radical (unpaired) electrons. The van der Waals surface area contributed by atoms with E-state index in [0.717, 1.165) is 24.2 Å². The summed E-state index contributed by atoms with van der Waals surface area (Å²) < 4.78 is 24.2. The lowest BCUT2D eigenvalue weighted by Crippen LogP contribution is -2.49. The molecule has 0 saturated carbocycles. The van der Waals surface area contributed by atoms with Crippen molar-refractivity contribution in [3.05, 3.63) is 59.9 Å². The third-order valence-electron chi connectivity index (χ3n) is 5.34. The Hall–Kier alpha value is -3.09. The van der Waals surface area contributed by atoms with Crippen molar-refractivity contribution in [3.8, 4) is 11.5 Å². The Kier molecular flexibility index (Phi) is 11.2. The second-order valence-electron chi connectivity index (χ2n) is 7.84. The molecule has 0 heterocycles. The van der Waals surface area contributed by atoms with Gasteiger partial charge in [0.15, 0.2) is 0 Å². The fraction of sp³-hybridized carbons (Fsp3) is 0.462. The van der Waals surface area contributed by atoms with Gasteiger partial charge in [0.25, 0.3) is 0 Å². The van der Waals surface area contributed by atoms with Gasteiger partial charge in [0.2, 0.25) is 11.8 Å². The third-order valence-corrected chi connectivity index (χ3v) is 5.34. The zero-order valence-corrected chi connectivity index (χ0v) is 19.8. The molecule has 2 rings (SSSR count). The molecule has 180 valence electrons. The molecule has 0 aromatic heterocycles. The molecule has 0 aliphatic rings. The van der Waals surface area contributed by atoms with Crippen molar-refractivity contribution in [1.82, 2.24) is 10.2 Å². The summed E-state index contributed by atoms with van der Waals surface area (Å²) in [6.45, 7) is 5.16. The van der Waals surface area contributed by atoms with Crippen LogP contribution in [0.25, 0.3) is 0 Å². The Labute approximate surface area is 196 Å². The number of amides is 2. The molecule has 2 aromatic carbocycles. The van der Waals surface area contributed by atoms with Gasteiger partial charge in [-0.1, -0.05) is 32.4 Å². The molecule has 1 atom stereocenters. The molecule has 33 heavy (non-hydrogen) atoms. The van der Waals surface area contributed by atoms with Gasteiger partial charge in [-0.15, -0.1) is 0 Å². The number of carbonyl (C=O) groups is 2. The Morgan fingerprint density at radius 3 is 2.27 bits per heavy atom. The SMILES string of the molecule is CCCCNC(=O)C(CC)N(Cc1ccc(F)cc1)C(=O)CCCOc1ccc(OC)cc1. The van der Waals surface area contributed by atoms with Crippen LogP contribution in [0.2, 0.25) is 0 Å². The zero-order valence-electron chi connectivity index (χ0n) is 19.8. The fourth-order valence-corrected chi connectivity index (χ4v) is 3.44. The number of unbranched alkanes of at least 4 members (excludes halogenated alkanes) is 1. The van der Waals surface area contributed by atoms with Gasteiger partial charge in [-0.2, -0.15) is 0 Å². The van der Waals surface area contributed by atoms with Crippen molar-refractivity contribution in [3.63, 3.8) is 0 Å². The van der Waals surface area contributed by atoms with E-state index in [2.05, 4.69) is 12.2 Å². The quantitative estimate of drug-likeness (QED) is 0.416. The van der Waals surface area contributed by atoms with Crippen molar-refractivity contribution < 1.29 is 23.5 Å². The lowest BCUT2D eigenvalue weighted by Gasteiger charge is -2.30. The predicted octanol–water partition coefficient (Wildman–Crippen LogP) is 4.72. The number of hydrogen-bond acceptors (Lipinski definition) is 4. The summed E-state index contributed by atoms with van der Waals surface area (Å²) in [6, 6.07) is 12.7. The van der Waals surface area contributed by atoms with Crippen molar-refractivity contribution in [2.45, 2.75) is 58.5 Å². The molecular formula is C26H35FN2O4. The molecule has 0 bridgehead atoms. The zero-order chi connectivity index (χ0) is 24.1. The lowest BCUT2D eigenvalue weighted by molar-refractivity contribution is -0.141. The van der Waals surface area contributed by atoms with Gasteiger partial charge in [-0.25, -0.2) is 4.39 Å². The van der Waals surface area contributed by atoms with E-state index in [1.54, 1.807) is 24.1 Å². The first-order chi connectivity index (χ1) is 16.0. The first kappa shape index (κ1) is 26.2. The average molecular weight is 459 g/mol. The van der Waals surface area contributed by atoms with Crippen LogP contribution in [0.5, 0.6) is 11.5 Å². The first-order valence-corrected chi connectivity index (χ1v) is 11.6. The summed E-state index contributed by atoms with van der Waals surface area (Å²) in [5.74, 6) is 0.827. The number of carbonyl (C=O) groups excluding carboxylic acids is 2. The van der Waals surface area contributed by atoms with Crippen LogP contribution >= 0.6 is 0 Å². The number of hydrogen-bond donors (Lipinski definition) is 1. The maximum absolute atomic E-state index is 13.3. The summed E-state index contributed by atoms with van der Waals surface area (Å²) in [6.07, 6.45) is 3.11. The van der Waals surface area contributed by atoms with Crippen molar-refractivity contribution >= 4 is 11.8 Å². The van der Waals surface area contributed by atoms with Gasteiger partial charge in [-0.3, -0.25) is 9.59 Å². The highest BCUT2D eigenvalue weighted by atomic mass is 19.1. The standard InChI is InChI=1S/C26H35FN2O4/c1-4-6-17-28-26(31)24(5-2)29(19-20-9-11-21(27)12-10-20)25(30)8-7-18-33-23-15-13-22(32-3)14-16-23/h9-16,24H,4-8,17-19H2,1-3H3,(H,28,31). The Morgan fingerprint density at radius 2 is 1.67 bits per heavy atom. The van der Waals surface area contributed by atoms with E-state index in [-0.39, 0.29) is 30.6 Å². The molecule has 1 N–H and O–H groups in total. The molecule has 6 nitrogen and oxygen atoms in total. The van der Waals surface area contributed by atoms with E-state index in [9.17, 15) is 14.0 Å². The van der Waals surface area contributed by atoms with E-state index in [1.807, 2.05) is 31.2 Å². The van der Waals surface area contributed by atoms with E-state index >= 15 is 0 Å². The molecule has 0 saturated heterocycles. The number of methoxy groups -OCH3 is 1. The Bertz CT molecular complexity index is 856. The van der Waals surface area contributed by atoms with Crippen LogP contribution < -0.4 is 14.8 Å². The van der Waals surface area contributed by atoms with Crippen molar-refractivity contribution in [1.29, 1.82) is 0 Å². The maximum atomic E-state index is 13.3. The van der Waals surface area contributed by atoms with Crippen LogP contribution in [0.3, 0.4) is 0 Å². The largest absolute Gasteiger partial charge is 0.497 e. The monoisotopic (exact) mass is 458 g/mol. The highest BCUT2D eigenvalue weighted by Gasteiger charge is 2.28. The summed E-state index contributed by atoms with van der Waals surface area (Å²) in [5.41, 5.74) is 0.777. The van der Waals surface area contributed by atoms with Crippen LogP contribution in [-0.4, -0.2) is 43.0 Å². The van der Waals surface area contributed by atoms with Crippen LogP contribution in [0.4, 0.5) is 4.39 Å². The summed E-state index contributed by atoms with van der Waals surface area (Å²) in [7, 11) is 1.60. The number of nitrogens with one attached hydrogen (secondary N) is 1. The smallest absolute Gasteiger partial charge is 0.242 e. The molecule has 2 amide bonds. The van der Waals surface area contributed by atoms with Gasteiger partial charge in [0.1, 0.15) is 23.4 Å². The highest BCUT2D eigenvalue weighted by molar-refractivity contribution is 5.87. The number of halogens is 1. The summed E-state index contributed by atoms with van der Waals surface area (Å²) in [4.78, 5) is 27.5.